The van der Waals surface area contributed by atoms with Crippen LogP contribution in [-0.4, -0.2) is 28.6 Å². The fraction of sp³-hybridized carbons (Fsp3) is 1.00. The Morgan fingerprint density at radius 1 is 1.50 bits per heavy atom. The molecule has 6 heavy (non-hydrogen) atoms. The molecule has 0 aromatic carbocycles. The molecule has 0 rings (SSSR count). The van der Waals surface area contributed by atoms with E-state index in [1.165, 1.54) is 0 Å². The molecule has 0 heterocycles. The van der Waals surface area contributed by atoms with E-state index in [1.54, 1.807) is 0 Å². The smallest absolute Gasteiger partial charge is 0.268 e. The first-order chi connectivity index (χ1) is 2.77. The molecule has 4 nitrogen and oxygen atoms in total. The van der Waals surface area contributed by atoms with Crippen LogP contribution in [0.5, 0.6) is 0 Å². The molecule has 0 atom stereocenters. The lowest BCUT2D eigenvalue weighted by molar-refractivity contribution is -0.260. The van der Waals surface area contributed by atoms with E-state index in [2.05, 4.69) is 4.74 Å². The predicted octanol–water partition coefficient (Wildman–Crippen LogP) is -1.78. The van der Waals surface area contributed by atoms with E-state index in [-0.39, 0.29) is 0 Å². The molecule has 0 aliphatic carbocycles. The average Bonchev–Trinajstić information content (AvgIpc) is 1.35. The highest BCUT2D eigenvalue weighted by Crippen LogP contribution is 1.72. The molecule has 0 aromatic rings. The summed E-state index contributed by atoms with van der Waals surface area (Å²) < 4.78 is 3.71. The van der Waals surface area contributed by atoms with Gasteiger partial charge in [-0.3, -0.25) is 0 Å². The van der Waals surface area contributed by atoms with Crippen LogP contribution in [0.25, 0.3) is 0 Å². The van der Waals surface area contributed by atoms with Crippen molar-refractivity contribution in [1.82, 2.24) is 0 Å². The molecule has 0 aromatic heterocycles. The van der Waals surface area contributed by atoms with Gasteiger partial charge in [0, 0.05) is 0 Å². The Kier molecular flexibility index (Phi) is 2.97. The van der Waals surface area contributed by atoms with Crippen LogP contribution < -0.4 is 0 Å². The zero-order valence-electron chi connectivity index (χ0n) is 3.03. The molecule has 0 amide bonds. The molecule has 0 fully saturated rings. The molecular weight excluding hydrogens is 88.0 g/mol. The van der Waals surface area contributed by atoms with Gasteiger partial charge in [0.05, 0.1) is 0 Å². The van der Waals surface area contributed by atoms with Crippen molar-refractivity contribution < 1.29 is 20.1 Å². The molecule has 0 saturated carbocycles. The van der Waals surface area contributed by atoms with Gasteiger partial charge in [0.15, 0.2) is 0 Å². The molecule has 4 heteroatoms. The van der Waals surface area contributed by atoms with Crippen molar-refractivity contribution in [3.8, 4) is 0 Å². The molecule has 0 aliphatic heterocycles. The van der Waals surface area contributed by atoms with Gasteiger partial charge in [-0.05, 0) is 0 Å². The van der Waals surface area contributed by atoms with Gasteiger partial charge in [-0.2, -0.15) is 0 Å². The van der Waals surface area contributed by atoms with Crippen LogP contribution >= 0.6 is 0 Å². The highest BCUT2D eigenvalue weighted by Gasteiger charge is 1.88. The lowest BCUT2D eigenvalue weighted by Gasteiger charge is -1.97. The summed E-state index contributed by atoms with van der Waals surface area (Å²) in [5.74, 6) is 0. The van der Waals surface area contributed by atoms with Crippen molar-refractivity contribution in [2.45, 2.75) is 6.48 Å². The molecule has 3 N–H and O–H groups in total. The normalized spacial score (nSPS) is 10.0. The average molecular weight is 94.1 g/mol. The van der Waals surface area contributed by atoms with Crippen molar-refractivity contribution in [3.63, 3.8) is 0 Å². The molecule has 0 spiro atoms. The van der Waals surface area contributed by atoms with Gasteiger partial charge in [-0.25, -0.2) is 0 Å². The maximum Gasteiger partial charge on any atom is 0.268 e. The van der Waals surface area contributed by atoms with Crippen molar-refractivity contribution in [3.05, 3.63) is 0 Å². The third-order valence-corrected chi connectivity index (χ3v) is 0.224. The molecule has 0 unspecified atom stereocenters. The van der Waals surface area contributed by atoms with E-state index in [1.807, 2.05) is 0 Å². The van der Waals surface area contributed by atoms with Crippen LogP contribution in [0.15, 0.2) is 0 Å². The summed E-state index contributed by atoms with van der Waals surface area (Å²) in [6.07, 6.45) is 0. The monoisotopic (exact) mass is 94.0 g/mol. The second-order valence-corrected chi connectivity index (χ2v) is 0.622. The van der Waals surface area contributed by atoms with E-state index >= 15 is 0 Å². The first-order valence-corrected chi connectivity index (χ1v) is 1.36. The van der Waals surface area contributed by atoms with E-state index in [0.717, 1.165) is 0 Å². The van der Waals surface area contributed by atoms with E-state index in [0.29, 0.717) is 0 Å². The Balaban J connectivity index is 2.63. The van der Waals surface area contributed by atoms with Crippen molar-refractivity contribution in [2.75, 3.05) is 6.79 Å². The summed E-state index contributed by atoms with van der Waals surface area (Å²) in [5.41, 5.74) is 0. The Labute approximate surface area is 34.6 Å². The minimum atomic E-state index is -1.85. The highest BCUT2D eigenvalue weighted by atomic mass is 16.8. The quantitative estimate of drug-likeness (QED) is 0.354. The zero-order valence-corrected chi connectivity index (χ0v) is 3.03. The summed E-state index contributed by atoms with van der Waals surface area (Å²) in [7, 11) is 0. The number of ether oxygens (including phenoxy) is 1. The van der Waals surface area contributed by atoms with Gasteiger partial charge in [0.2, 0.25) is 0 Å². The molecule has 0 saturated heterocycles. The SMILES string of the molecule is OCOC(O)O. The third-order valence-electron chi connectivity index (χ3n) is 0.224. The maximum atomic E-state index is 7.73. The van der Waals surface area contributed by atoms with Crippen molar-refractivity contribution >= 4 is 0 Å². The molecule has 0 bridgehead atoms. The number of aliphatic hydroxyl groups is 3. The minimum absolute atomic E-state index is 0.669. The third kappa shape index (κ3) is 3.84. The Bertz CT molecular complexity index is 26.7. The highest BCUT2D eigenvalue weighted by molar-refractivity contribution is 3.95. The van der Waals surface area contributed by atoms with Crippen LogP contribution in [0.1, 0.15) is 0 Å². The van der Waals surface area contributed by atoms with Crippen LogP contribution in [0.4, 0.5) is 0 Å². The van der Waals surface area contributed by atoms with Gasteiger partial charge in [0.1, 0.15) is 6.79 Å². The largest absolute Gasteiger partial charge is 0.370 e. The van der Waals surface area contributed by atoms with Crippen molar-refractivity contribution in [2.24, 2.45) is 0 Å². The van der Waals surface area contributed by atoms with Gasteiger partial charge < -0.3 is 20.1 Å². The number of hydrogen-bond acceptors (Lipinski definition) is 4. The molecule has 0 aliphatic rings. The number of aliphatic hydroxyl groups excluding tert-OH is 2. The lowest BCUT2D eigenvalue weighted by Crippen LogP contribution is -2.09. The van der Waals surface area contributed by atoms with Crippen LogP contribution in [0, 0.1) is 0 Å². The standard InChI is InChI=1S/C2H6O4/c3-1-6-2(4)5/h2-5H,1H2. The Morgan fingerprint density at radius 2 is 2.00 bits per heavy atom. The maximum absolute atomic E-state index is 7.73. The van der Waals surface area contributed by atoms with Gasteiger partial charge in [-0.15, -0.1) is 0 Å². The van der Waals surface area contributed by atoms with Gasteiger partial charge in [-0.1, -0.05) is 0 Å². The van der Waals surface area contributed by atoms with Gasteiger partial charge in [0.25, 0.3) is 6.48 Å². The van der Waals surface area contributed by atoms with E-state index in [9.17, 15) is 0 Å². The van der Waals surface area contributed by atoms with Crippen LogP contribution in [0.3, 0.4) is 0 Å². The summed E-state index contributed by atoms with van der Waals surface area (Å²) in [6, 6.07) is 0. The fourth-order valence-corrected chi connectivity index (χ4v) is 0.0667. The second kappa shape index (κ2) is 3.05. The summed E-state index contributed by atoms with van der Waals surface area (Å²) in [5, 5.41) is 23.1. The van der Waals surface area contributed by atoms with Gasteiger partial charge >= 0.3 is 0 Å². The van der Waals surface area contributed by atoms with Crippen LogP contribution in [0.2, 0.25) is 0 Å². The van der Waals surface area contributed by atoms with Crippen molar-refractivity contribution in [1.29, 1.82) is 0 Å². The van der Waals surface area contributed by atoms with E-state index in [4.69, 9.17) is 15.3 Å². The summed E-state index contributed by atoms with van der Waals surface area (Å²) in [4.78, 5) is 0. The number of hydrogen-bond donors (Lipinski definition) is 3. The summed E-state index contributed by atoms with van der Waals surface area (Å²) in [6.45, 7) is -2.52. The Morgan fingerprint density at radius 3 is 2.00 bits per heavy atom. The lowest BCUT2D eigenvalue weighted by atomic mass is 11.2. The second-order valence-electron chi connectivity index (χ2n) is 0.622. The zero-order chi connectivity index (χ0) is 4.99. The Hall–Kier alpha value is -0.160. The minimum Gasteiger partial charge on any atom is -0.370 e. The topological polar surface area (TPSA) is 69.9 Å². The molecule has 38 valence electrons. The molecular formula is C2H6O4. The van der Waals surface area contributed by atoms with Crippen LogP contribution in [-0.2, 0) is 4.74 Å². The predicted molar refractivity (Wildman–Crippen MR) is 16.4 cm³/mol. The summed E-state index contributed by atoms with van der Waals surface area (Å²) >= 11 is 0. The first kappa shape index (κ1) is 5.84. The molecule has 0 radical (unpaired) electrons. The fourth-order valence-electron chi connectivity index (χ4n) is 0.0667. The number of rotatable bonds is 2. The van der Waals surface area contributed by atoms with E-state index < -0.39 is 13.3 Å². The first-order valence-electron chi connectivity index (χ1n) is 1.36.